The predicted octanol–water partition coefficient (Wildman–Crippen LogP) is 2.83. The number of nitrogens with one attached hydrogen (secondary N) is 1. The molecular weight excluding hydrogens is 210 g/mol. The van der Waals surface area contributed by atoms with Crippen molar-refractivity contribution in [2.45, 2.75) is 25.3 Å². The van der Waals surface area contributed by atoms with Crippen LogP contribution in [-0.4, -0.2) is 0 Å². The largest absolute Gasteiger partial charge is 0.271 e. The van der Waals surface area contributed by atoms with Crippen LogP contribution >= 0.6 is 0 Å². The van der Waals surface area contributed by atoms with Gasteiger partial charge in [-0.15, -0.1) is 6.58 Å². The van der Waals surface area contributed by atoms with Gasteiger partial charge in [-0.05, 0) is 25.3 Å². The number of hydrogen-bond donors (Lipinski definition) is 2. The summed E-state index contributed by atoms with van der Waals surface area (Å²) in [6.07, 6.45) is 4.09. The number of halogens is 2. The molecular formula is C12H16F2N2. The van der Waals surface area contributed by atoms with Gasteiger partial charge in [0, 0.05) is 11.6 Å². The standard InChI is InChI=1S/C12H16F2N2/c1-2-3-4-8-11(16-15)9-6-5-7-10(13)12(9)14/h2,5-7,11,16H,1,3-4,8,15H2. The molecule has 0 amide bonds. The smallest absolute Gasteiger partial charge is 0.163 e. The van der Waals surface area contributed by atoms with E-state index < -0.39 is 11.6 Å². The molecule has 0 radical (unpaired) electrons. The molecule has 1 unspecified atom stereocenters. The number of nitrogens with two attached hydrogens (primary N) is 1. The number of benzene rings is 1. The summed E-state index contributed by atoms with van der Waals surface area (Å²) in [7, 11) is 0. The first-order chi connectivity index (χ1) is 7.70. The summed E-state index contributed by atoms with van der Waals surface area (Å²) in [5.41, 5.74) is 2.77. The monoisotopic (exact) mass is 226 g/mol. The fourth-order valence-corrected chi connectivity index (χ4v) is 1.58. The maximum atomic E-state index is 13.5. The van der Waals surface area contributed by atoms with Crippen molar-refractivity contribution >= 4 is 0 Å². The molecule has 1 aromatic carbocycles. The number of rotatable bonds is 6. The molecule has 0 saturated heterocycles. The molecule has 0 heterocycles. The van der Waals surface area contributed by atoms with Gasteiger partial charge in [0.05, 0.1) is 0 Å². The highest BCUT2D eigenvalue weighted by molar-refractivity contribution is 5.22. The highest BCUT2D eigenvalue weighted by Crippen LogP contribution is 2.23. The molecule has 0 aliphatic carbocycles. The van der Waals surface area contributed by atoms with E-state index in [-0.39, 0.29) is 11.6 Å². The SMILES string of the molecule is C=CCCCC(NN)c1cccc(F)c1F. The lowest BCUT2D eigenvalue weighted by molar-refractivity contribution is 0.446. The summed E-state index contributed by atoms with van der Waals surface area (Å²) in [6, 6.07) is 3.74. The third-order valence-electron chi connectivity index (χ3n) is 2.46. The second-order valence-corrected chi connectivity index (χ2v) is 3.58. The second-order valence-electron chi connectivity index (χ2n) is 3.58. The zero-order valence-electron chi connectivity index (χ0n) is 9.05. The van der Waals surface area contributed by atoms with Crippen molar-refractivity contribution in [2.75, 3.05) is 0 Å². The fourth-order valence-electron chi connectivity index (χ4n) is 1.58. The van der Waals surface area contributed by atoms with Crippen LogP contribution in [0.15, 0.2) is 30.9 Å². The van der Waals surface area contributed by atoms with E-state index in [1.807, 2.05) is 0 Å². The molecule has 0 spiro atoms. The summed E-state index contributed by atoms with van der Waals surface area (Å²) in [5, 5.41) is 0. The molecule has 0 bridgehead atoms. The zero-order chi connectivity index (χ0) is 12.0. The summed E-state index contributed by atoms with van der Waals surface area (Å²) < 4.78 is 26.5. The molecule has 16 heavy (non-hydrogen) atoms. The molecule has 1 rings (SSSR count). The van der Waals surface area contributed by atoms with Gasteiger partial charge in [0.1, 0.15) is 0 Å². The Morgan fingerprint density at radius 2 is 2.19 bits per heavy atom. The van der Waals surface area contributed by atoms with Gasteiger partial charge in [0.15, 0.2) is 11.6 Å². The van der Waals surface area contributed by atoms with Crippen molar-refractivity contribution in [1.29, 1.82) is 0 Å². The number of hydrazine groups is 1. The minimum absolute atomic E-state index is 0.270. The van der Waals surface area contributed by atoms with Crippen LogP contribution in [0, 0.1) is 11.6 Å². The third kappa shape index (κ3) is 3.12. The average molecular weight is 226 g/mol. The number of allylic oxidation sites excluding steroid dienone is 1. The molecule has 2 nitrogen and oxygen atoms in total. The fraction of sp³-hybridized carbons (Fsp3) is 0.333. The normalized spacial score (nSPS) is 12.4. The van der Waals surface area contributed by atoms with Gasteiger partial charge < -0.3 is 0 Å². The van der Waals surface area contributed by atoms with Crippen molar-refractivity contribution in [3.05, 3.63) is 48.1 Å². The minimum atomic E-state index is -0.846. The lowest BCUT2D eigenvalue weighted by Crippen LogP contribution is -2.28. The van der Waals surface area contributed by atoms with Crippen LogP contribution in [-0.2, 0) is 0 Å². The first kappa shape index (κ1) is 12.8. The zero-order valence-corrected chi connectivity index (χ0v) is 9.05. The first-order valence-electron chi connectivity index (χ1n) is 5.21. The maximum absolute atomic E-state index is 13.5. The Balaban J connectivity index is 2.78. The summed E-state index contributed by atoms with van der Waals surface area (Å²) >= 11 is 0. The Kier molecular flexibility index (Phi) is 5.08. The Labute approximate surface area is 94.1 Å². The Morgan fingerprint density at radius 1 is 1.44 bits per heavy atom. The van der Waals surface area contributed by atoms with Crippen LogP contribution < -0.4 is 11.3 Å². The second kappa shape index (κ2) is 6.35. The van der Waals surface area contributed by atoms with Crippen molar-refractivity contribution in [3.63, 3.8) is 0 Å². The van der Waals surface area contributed by atoms with E-state index in [2.05, 4.69) is 12.0 Å². The molecule has 3 N–H and O–H groups in total. The predicted molar refractivity (Wildman–Crippen MR) is 60.5 cm³/mol. The lowest BCUT2D eigenvalue weighted by atomic mass is 10.0. The van der Waals surface area contributed by atoms with Crippen molar-refractivity contribution in [3.8, 4) is 0 Å². The van der Waals surface area contributed by atoms with E-state index in [1.165, 1.54) is 12.1 Å². The topological polar surface area (TPSA) is 38.0 Å². The van der Waals surface area contributed by atoms with Gasteiger partial charge in [-0.25, -0.2) is 8.78 Å². The molecule has 88 valence electrons. The quantitative estimate of drug-likeness (QED) is 0.339. The highest BCUT2D eigenvalue weighted by atomic mass is 19.2. The van der Waals surface area contributed by atoms with Crippen molar-refractivity contribution < 1.29 is 8.78 Å². The van der Waals surface area contributed by atoms with Crippen LogP contribution in [0.3, 0.4) is 0 Å². The van der Waals surface area contributed by atoms with E-state index in [0.29, 0.717) is 6.42 Å². The lowest BCUT2D eigenvalue weighted by Gasteiger charge is -2.16. The Bertz CT molecular complexity index is 353. The third-order valence-corrected chi connectivity index (χ3v) is 2.46. The van der Waals surface area contributed by atoms with Crippen LogP contribution in [0.5, 0.6) is 0 Å². The molecule has 1 aromatic rings. The molecule has 4 heteroatoms. The first-order valence-corrected chi connectivity index (χ1v) is 5.21. The van der Waals surface area contributed by atoms with E-state index in [9.17, 15) is 8.78 Å². The van der Waals surface area contributed by atoms with Gasteiger partial charge in [0.25, 0.3) is 0 Å². The van der Waals surface area contributed by atoms with Crippen LogP contribution in [0.2, 0.25) is 0 Å². The van der Waals surface area contributed by atoms with E-state index in [1.54, 1.807) is 6.08 Å². The number of unbranched alkanes of at least 4 members (excludes halogenated alkanes) is 1. The maximum Gasteiger partial charge on any atom is 0.163 e. The van der Waals surface area contributed by atoms with Gasteiger partial charge in [-0.3, -0.25) is 11.3 Å². The molecule has 0 fully saturated rings. The van der Waals surface area contributed by atoms with Crippen LogP contribution in [0.25, 0.3) is 0 Å². The summed E-state index contributed by atoms with van der Waals surface area (Å²) in [6.45, 7) is 3.60. The Hall–Kier alpha value is -1.26. The Morgan fingerprint density at radius 3 is 2.81 bits per heavy atom. The summed E-state index contributed by atoms with van der Waals surface area (Å²) in [5.74, 6) is 3.67. The van der Waals surface area contributed by atoms with Gasteiger partial charge in [-0.2, -0.15) is 0 Å². The number of hydrogen-bond acceptors (Lipinski definition) is 2. The van der Waals surface area contributed by atoms with Gasteiger partial charge >= 0.3 is 0 Å². The minimum Gasteiger partial charge on any atom is -0.271 e. The van der Waals surface area contributed by atoms with Crippen molar-refractivity contribution in [1.82, 2.24) is 5.43 Å². The molecule has 1 atom stereocenters. The highest BCUT2D eigenvalue weighted by Gasteiger charge is 2.16. The molecule has 0 saturated carbocycles. The van der Waals surface area contributed by atoms with Crippen molar-refractivity contribution in [2.24, 2.45) is 5.84 Å². The average Bonchev–Trinajstić information content (AvgIpc) is 2.29. The van der Waals surface area contributed by atoms with E-state index >= 15 is 0 Å². The molecule has 0 aliphatic rings. The van der Waals surface area contributed by atoms with Gasteiger partial charge in [-0.1, -0.05) is 18.2 Å². The molecule has 0 aromatic heterocycles. The molecule has 0 aliphatic heterocycles. The van der Waals surface area contributed by atoms with E-state index in [4.69, 9.17) is 5.84 Å². The summed E-state index contributed by atoms with van der Waals surface area (Å²) in [4.78, 5) is 0. The van der Waals surface area contributed by atoms with Gasteiger partial charge in [0.2, 0.25) is 0 Å². The van der Waals surface area contributed by atoms with Crippen LogP contribution in [0.4, 0.5) is 8.78 Å². The van der Waals surface area contributed by atoms with E-state index in [0.717, 1.165) is 18.9 Å². The van der Waals surface area contributed by atoms with Crippen LogP contribution in [0.1, 0.15) is 30.9 Å².